The number of hydrogen-bond donors (Lipinski definition) is 1. The van der Waals surface area contributed by atoms with Crippen molar-refractivity contribution in [2.45, 2.75) is 39.3 Å². The maximum Gasteiger partial charge on any atom is 0.0499 e. The summed E-state index contributed by atoms with van der Waals surface area (Å²) < 4.78 is 0. The van der Waals surface area contributed by atoms with Crippen molar-refractivity contribution in [3.05, 3.63) is 34.9 Å². The molecule has 1 unspecified atom stereocenters. The molecular weight excluding hydrogens is 244 g/mol. The van der Waals surface area contributed by atoms with Gasteiger partial charge in [0.2, 0.25) is 0 Å². The first kappa shape index (κ1) is 15.5. The summed E-state index contributed by atoms with van der Waals surface area (Å²) in [4.78, 5) is 2.47. The minimum absolute atomic E-state index is 0.0446. The second-order valence-electron chi connectivity index (χ2n) is 5.10. The SMILES string of the molecule is CCN(CC)C(C)(C)C(NC)c1cccc(Cl)c1. The van der Waals surface area contributed by atoms with Gasteiger partial charge in [-0.05, 0) is 51.7 Å². The average molecular weight is 269 g/mol. The highest BCUT2D eigenvalue weighted by molar-refractivity contribution is 6.30. The van der Waals surface area contributed by atoms with E-state index in [-0.39, 0.29) is 11.6 Å². The van der Waals surface area contributed by atoms with Gasteiger partial charge in [0.15, 0.2) is 0 Å². The van der Waals surface area contributed by atoms with Gasteiger partial charge in [0.05, 0.1) is 0 Å². The van der Waals surface area contributed by atoms with E-state index in [0.717, 1.165) is 18.1 Å². The van der Waals surface area contributed by atoms with Gasteiger partial charge in [-0.2, -0.15) is 0 Å². The molecule has 0 amide bonds. The van der Waals surface area contributed by atoms with Gasteiger partial charge in [0.1, 0.15) is 0 Å². The third kappa shape index (κ3) is 3.25. The Balaban J connectivity index is 3.08. The van der Waals surface area contributed by atoms with Gasteiger partial charge in [-0.3, -0.25) is 4.90 Å². The fourth-order valence-electron chi connectivity index (χ4n) is 2.84. The molecule has 0 fully saturated rings. The van der Waals surface area contributed by atoms with Gasteiger partial charge in [-0.15, -0.1) is 0 Å². The highest BCUT2D eigenvalue weighted by Gasteiger charge is 2.34. The Hall–Kier alpha value is -0.570. The van der Waals surface area contributed by atoms with Crippen molar-refractivity contribution < 1.29 is 0 Å². The van der Waals surface area contributed by atoms with Crippen molar-refractivity contribution in [3.8, 4) is 0 Å². The lowest BCUT2D eigenvalue weighted by atomic mass is 9.87. The van der Waals surface area contributed by atoms with Crippen LogP contribution in [0.2, 0.25) is 5.02 Å². The highest BCUT2D eigenvalue weighted by atomic mass is 35.5. The first-order valence-electron chi connectivity index (χ1n) is 6.65. The standard InChI is InChI=1S/C15H25ClN2/c1-6-18(7-2)15(3,4)14(17-5)12-9-8-10-13(16)11-12/h8-11,14,17H,6-7H2,1-5H3. The van der Waals surface area contributed by atoms with Crippen molar-refractivity contribution in [2.24, 2.45) is 0 Å². The monoisotopic (exact) mass is 268 g/mol. The molecule has 1 aromatic rings. The predicted octanol–water partition coefficient (Wildman–Crippen LogP) is 3.72. The van der Waals surface area contributed by atoms with Crippen molar-refractivity contribution in [1.29, 1.82) is 0 Å². The zero-order valence-electron chi connectivity index (χ0n) is 12.1. The number of hydrogen-bond acceptors (Lipinski definition) is 2. The minimum atomic E-state index is 0.0446. The molecule has 1 rings (SSSR count). The minimum Gasteiger partial charge on any atom is -0.311 e. The predicted molar refractivity (Wildman–Crippen MR) is 80.3 cm³/mol. The number of likely N-dealkylation sites (N-methyl/N-ethyl adjacent to an activating group) is 2. The summed E-state index contributed by atoms with van der Waals surface area (Å²) >= 11 is 6.10. The largest absolute Gasteiger partial charge is 0.311 e. The van der Waals surface area contributed by atoms with E-state index in [1.165, 1.54) is 5.56 Å². The molecule has 0 radical (unpaired) electrons. The molecule has 0 aliphatic carbocycles. The van der Waals surface area contributed by atoms with E-state index in [1.54, 1.807) is 0 Å². The van der Waals surface area contributed by atoms with Crippen LogP contribution in [0.4, 0.5) is 0 Å². The Kier molecular flexibility index (Phi) is 5.64. The number of nitrogens with zero attached hydrogens (tertiary/aromatic N) is 1. The Morgan fingerprint density at radius 1 is 1.28 bits per heavy atom. The zero-order chi connectivity index (χ0) is 13.8. The Bertz CT molecular complexity index is 373. The number of nitrogens with one attached hydrogen (secondary N) is 1. The van der Waals surface area contributed by atoms with Crippen LogP contribution >= 0.6 is 11.6 Å². The quantitative estimate of drug-likeness (QED) is 0.846. The van der Waals surface area contributed by atoms with Crippen molar-refractivity contribution in [2.75, 3.05) is 20.1 Å². The van der Waals surface area contributed by atoms with E-state index in [2.05, 4.69) is 44.0 Å². The normalized spacial score (nSPS) is 13.9. The lowest BCUT2D eigenvalue weighted by Gasteiger charge is -2.43. The van der Waals surface area contributed by atoms with Crippen molar-refractivity contribution in [3.63, 3.8) is 0 Å². The van der Waals surface area contributed by atoms with Crippen LogP contribution in [-0.2, 0) is 0 Å². The molecule has 0 bridgehead atoms. The lowest BCUT2D eigenvalue weighted by Crippen LogP contribution is -2.51. The zero-order valence-corrected chi connectivity index (χ0v) is 12.9. The summed E-state index contributed by atoms with van der Waals surface area (Å²) in [7, 11) is 2.01. The Morgan fingerprint density at radius 3 is 2.33 bits per heavy atom. The van der Waals surface area contributed by atoms with Crippen LogP contribution in [0, 0.1) is 0 Å². The summed E-state index contributed by atoms with van der Waals surface area (Å²) in [5, 5.41) is 4.23. The average Bonchev–Trinajstić information content (AvgIpc) is 2.30. The maximum absolute atomic E-state index is 6.10. The summed E-state index contributed by atoms with van der Waals surface area (Å²) in [6.45, 7) is 11.1. The fourth-order valence-corrected chi connectivity index (χ4v) is 3.03. The van der Waals surface area contributed by atoms with Crippen molar-refractivity contribution in [1.82, 2.24) is 10.2 Å². The summed E-state index contributed by atoms with van der Waals surface area (Å²) in [5.41, 5.74) is 1.28. The maximum atomic E-state index is 6.10. The van der Waals surface area contributed by atoms with Gasteiger partial charge in [-0.25, -0.2) is 0 Å². The molecule has 0 aliphatic heterocycles. The van der Waals surface area contributed by atoms with Gasteiger partial charge in [0, 0.05) is 16.6 Å². The van der Waals surface area contributed by atoms with Crippen LogP contribution in [-0.4, -0.2) is 30.6 Å². The van der Waals surface area contributed by atoms with E-state index < -0.39 is 0 Å². The molecular formula is C15H25ClN2. The van der Waals surface area contributed by atoms with Crippen LogP contribution in [0.15, 0.2) is 24.3 Å². The van der Waals surface area contributed by atoms with Crippen LogP contribution in [0.3, 0.4) is 0 Å². The molecule has 0 aromatic heterocycles. The van der Waals surface area contributed by atoms with Gasteiger partial charge in [-0.1, -0.05) is 37.6 Å². The van der Waals surface area contributed by atoms with Crippen LogP contribution in [0.5, 0.6) is 0 Å². The molecule has 102 valence electrons. The van der Waals surface area contributed by atoms with Gasteiger partial charge in [0.25, 0.3) is 0 Å². The Labute approximate surface area is 116 Å². The van der Waals surface area contributed by atoms with Gasteiger partial charge < -0.3 is 5.32 Å². The topological polar surface area (TPSA) is 15.3 Å². The molecule has 0 saturated carbocycles. The van der Waals surface area contributed by atoms with Gasteiger partial charge >= 0.3 is 0 Å². The van der Waals surface area contributed by atoms with E-state index in [9.17, 15) is 0 Å². The van der Waals surface area contributed by atoms with Crippen LogP contribution in [0.1, 0.15) is 39.3 Å². The first-order valence-corrected chi connectivity index (χ1v) is 7.02. The molecule has 3 heteroatoms. The smallest absolute Gasteiger partial charge is 0.0499 e. The molecule has 1 N–H and O–H groups in total. The van der Waals surface area contributed by atoms with E-state index in [4.69, 9.17) is 11.6 Å². The third-order valence-electron chi connectivity index (χ3n) is 3.76. The molecule has 0 aliphatic rings. The molecule has 0 spiro atoms. The van der Waals surface area contributed by atoms with Crippen LogP contribution in [0.25, 0.3) is 0 Å². The van der Waals surface area contributed by atoms with E-state index >= 15 is 0 Å². The lowest BCUT2D eigenvalue weighted by molar-refractivity contribution is 0.0945. The van der Waals surface area contributed by atoms with E-state index in [1.807, 2.05) is 25.2 Å². The summed E-state index contributed by atoms with van der Waals surface area (Å²) in [5.74, 6) is 0. The molecule has 0 saturated heterocycles. The second kappa shape index (κ2) is 6.55. The Morgan fingerprint density at radius 2 is 1.89 bits per heavy atom. The number of benzene rings is 1. The second-order valence-corrected chi connectivity index (χ2v) is 5.54. The molecule has 1 aromatic carbocycles. The first-order chi connectivity index (χ1) is 8.47. The molecule has 18 heavy (non-hydrogen) atoms. The summed E-state index contributed by atoms with van der Waals surface area (Å²) in [6.07, 6.45) is 0. The fraction of sp³-hybridized carbons (Fsp3) is 0.600. The molecule has 2 nitrogen and oxygen atoms in total. The molecule has 0 heterocycles. The molecule has 1 atom stereocenters. The third-order valence-corrected chi connectivity index (χ3v) is 3.99. The van der Waals surface area contributed by atoms with E-state index in [0.29, 0.717) is 0 Å². The number of rotatable bonds is 6. The van der Waals surface area contributed by atoms with Crippen LogP contribution < -0.4 is 5.32 Å². The van der Waals surface area contributed by atoms with Crippen molar-refractivity contribution >= 4 is 11.6 Å². The summed E-state index contributed by atoms with van der Waals surface area (Å²) in [6, 6.07) is 8.38. The number of halogens is 1. The highest BCUT2D eigenvalue weighted by Crippen LogP contribution is 2.31.